The zero-order valence-corrected chi connectivity index (χ0v) is 18.7. The molecule has 0 fully saturated rings. The fourth-order valence-electron chi connectivity index (χ4n) is 2.68. The SMILES string of the molecule is COc1ccc(S(=O)(=O)Nc2ncc(C(=O)O)cc2NC(=O)c2ccc(C(N)=S)cc2)cc1. The summed E-state index contributed by atoms with van der Waals surface area (Å²) in [7, 11) is -2.66. The Bertz CT molecular complexity index is 1320. The first kappa shape index (κ1) is 23.6. The number of benzene rings is 2. The molecule has 170 valence electrons. The minimum Gasteiger partial charge on any atom is -0.497 e. The van der Waals surface area contributed by atoms with Crippen LogP contribution in [0.2, 0.25) is 0 Å². The van der Waals surface area contributed by atoms with E-state index >= 15 is 0 Å². The van der Waals surface area contributed by atoms with E-state index in [0.717, 1.165) is 12.3 Å². The second kappa shape index (κ2) is 9.63. The van der Waals surface area contributed by atoms with Crippen LogP contribution < -0.4 is 20.5 Å². The molecule has 0 aliphatic rings. The molecule has 0 aliphatic carbocycles. The van der Waals surface area contributed by atoms with Gasteiger partial charge in [-0.2, -0.15) is 0 Å². The van der Waals surface area contributed by atoms with E-state index in [1.54, 1.807) is 12.1 Å². The third-order valence-electron chi connectivity index (χ3n) is 4.42. The molecule has 0 atom stereocenters. The highest BCUT2D eigenvalue weighted by molar-refractivity contribution is 7.92. The number of carboxylic acids is 1. The van der Waals surface area contributed by atoms with Gasteiger partial charge in [-0.25, -0.2) is 18.2 Å². The molecule has 0 saturated carbocycles. The average Bonchev–Trinajstić information content (AvgIpc) is 2.80. The first-order chi connectivity index (χ1) is 15.6. The zero-order chi connectivity index (χ0) is 24.2. The lowest BCUT2D eigenvalue weighted by molar-refractivity contribution is 0.0696. The molecule has 5 N–H and O–H groups in total. The molecule has 3 aromatic rings. The number of nitrogens with zero attached hydrogens (tertiary/aromatic N) is 1. The van der Waals surface area contributed by atoms with Crippen molar-refractivity contribution in [3.8, 4) is 5.75 Å². The van der Waals surface area contributed by atoms with Crippen molar-refractivity contribution < 1.29 is 27.9 Å². The number of hydrogen-bond donors (Lipinski definition) is 4. The molecule has 12 heteroatoms. The fourth-order valence-corrected chi connectivity index (χ4v) is 3.85. The van der Waals surface area contributed by atoms with E-state index in [4.69, 9.17) is 22.7 Å². The number of carboxylic acid groups (broad SMARTS) is 1. The molecule has 1 amide bonds. The van der Waals surface area contributed by atoms with Crippen LogP contribution in [0.5, 0.6) is 5.75 Å². The number of nitrogens with two attached hydrogens (primary N) is 1. The number of ether oxygens (including phenoxy) is 1. The second-order valence-corrected chi connectivity index (χ2v) is 8.72. The number of rotatable bonds is 8. The van der Waals surface area contributed by atoms with Crippen LogP contribution in [0.4, 0.5) is 11.5 Å². The van der Waals surface area contributed by atoms with E-state index < -0.39 is 21.9 Å². The normalized spacial score (nSPS) is 10.8. The number of anilines is 2. The van der Waals surface area contributed by atoms with Crippen molar-refractivity contribution in [2.75, 3.05) is 17.1 Å². The summed E-state index contributed by atoms with van der Waals surface area (Å²) in [6.07, 6.45) is 0.973. The number of nitrogens with one attached hydrogen (secondary N) is 2. The summed E-state index contributed by atoms with van der Waals surface area (Å²) < 4.78 is 32.9. The summed E-state index contributed by atoms with van der Waals surface area (Å²) in [5, 5.41) is 11.8. The van der Waals surface area contributed by atoms with Gasteiger partial charge in [-0.1, -0.05) is 24.4 Å². The molecule has 1 aromatic heterocycles. The molecule has 0 radical (unpaired) electrons. The summed E-state index contributed by atoms with van der Waals surface area (Å²) in [5.74, 6) is -1.72. The molecule has 33 heavy (non-hydrogen) atoms. The molecule has 0 unspecified atom stereocenters. The number of aromatic nitrogens is 1. The van der Waals surface area contributed by atoms with Gasteiger partial charge in [0, 0.05) is 17.3 Å². The topological polar surface area (TPSA) is 161 Å². The van der Waals surface area contributed by atoms with E-state index in [0.29, 0.717) is 11.3 Å². The average molecular weight is 487 g/mol. The van der Waals surface area contributed by atoms with Crippen molar-refractivity contribution in [3.63, 3.8) is 0 Å². The Morgan fingerprint density at radius 3 is 2.18 bits per heavy atom. The number of carbonyl (C=O) groups is 2. The summed E-state index contributed by atoms with van der Waals surface area (Å²) in [4.78, 5) is 28.0. The number of sulfonamides is 1. The maximum atomic E-state index is 12.8. The van der Waals surface area contributed by atoms with Crippen LogP contribution in [-0.2, 0) is 10.0 Å². The maximum Gasteiger partial charge on any atom is 0.337 e. The second-order valence-electron chi connectivity index (χ2n) is 6.60. The van der Waals surface area contributed by atoms with Gasteiger partial charge in [0.25, 0.3) is 15.9 Å². The quantitative estimate of drug-likeness (QED) is 0.351. The smallest absolute Gasteiger partial charge is 0.337 e. The van der Waals surface area contributed by atoms with Crippen LogP contribution in [0.25, 0.3) is 0 Å². The summed E-state index contributed by atoms with van der Waals surface area (Å²) >= 11 is 4.88. The Labute approximate surface area is 194 Å². The van der Waals surface area contributed by atoms with Gasteiger partial charge in [-0.05, 0) is 42.5 Å². The lowest BCUT2D eigenvalue weighted by Gasteiger charge is -2.14. The van der Waals surface area contributed by atoms with Gasteiger partial charge in [0.1, 0.15) is 10.7 Å². The number of hydrogen-bond acceptors (Lipinski definition) is 7. The molecule has 0 saturated heterocycles. The van der Waals surface area contributed by atoms with Crippen molar-refractivity contribution in [2.24, 2.45) is 5.73 Å². The Balaban J connectivity index is 1.93. The van der Waals surface area contributed by atoms with Crippen LogP contribution in [0, 0.1) is 0 Å². The van der Waals surface area contributed by atoms with Crippen molar-refractivity contribution in [3.05, 3.63) is 77.5 Å². The third-order valence-corrected chi connectivity index (χ3v) is 6.01. The summed E-state index contributed by atoms with van der Waals surface area (Å²) in [5.41, 5.74) is 5.92. The molecule has 3 rings (SSSR count). The van der Waals surface area contributed by atoms with Crippen molar-refractivity contribution in [1.29, 1.82) is 0 Å². The van der Waals surface area contributed by atoms with Gasteiger partial charge in [-0.15, -0.1) is 0 Å². The van der Waals surface area contributed by atoms with Gasteiger partial charge in [0.15, 0.2) is 5.82 Å². The zero-order valence-electron chi connectivity index (χ0n) is 17.1. The van der Waals surface area contributed by atoms with E-state index in [9.17, 15) is 23.1 Å². The van der Waals surface area contributed by atoms with Crippen LogP contribution in [0.3, 0.4) is 0 Å². The molecule has 0 aliphatic heterocycles. The minimum atomic E-state index is -4.10. The highest BCUT2D eigenvalue weighted by Crippen LogP contribution is 2.25. The fraction of sp³-hybridized carbons (Fsp3) is 0.0476. The van der Waals surface area contributed by atoms with Gasteiger partial charge < -0.3 is 20.9 Å². The van der Waals surface area contributed by atoms with Crippen molar-refractivity contribution in [2.45, 2.75) is 4.90 Å². The predicted molar refractivity (Wildman–Crippen MR) is 125 cm³/mol. The van der Waals surface area contributed by atoms with E-state index in [1.165, 1.54) is 43.5 Å². The largest absolute Gasteiger partial charge is 0.497 e. The highest BCUT2D eigenvalue weighted by Gasteiger charge is 2.20. The van der Waals surface area contributed by atoms with Crippen molar-refractivity contribution in [1.82, 2.24) is 4.98 Å². The maximum absolute atomic E-state index is 12.8. The lowest BCUT2D eigenvalue weighted by atomic mass is 10.1. The van der Waals surface area contributed by atoms with E-state index in [1.807, 2.05) is 0 Å². The van der Waals surface area contributed by atoms with Gasteiger partial charge in [0.05, 0.1) is 23.3 Å². The number of aromatic carboxylic acids is 1. The first-order valence-corrected chi connectivity index (χ1v) is 11.1. The standard InChI is InChI=1S/C21H18N4O6S2/c1-31-15-6-8-16(9-7-15)33(29,30)25-19-17(10-14(11-23-19)21(27)28)24-20(26)13-4-2-12(3-5-13)18(22)32/h2-11H,1H3,(H2,22,32)(H,23,25)(H,24,26)(H,27,28). The molecule has 1 heterocycles. The lowest BCUT2D eigenvalue weighted by Crippen LogP contribution is -2.19. The summed E-state index contributed by atoms with van der Waals surface area (Å²) in [6, 6.07) is 12.7. The number of pyridine rings is 1. The Kier molecular flexibility index (Phi) is 6.89. The Morgan fingerprint density at radius 2 is 1.64 bits per heavy atom. The van der Waals surface area contributed by atoms with Gasteiger partial charge in [0.2, 0.25) is 0 Å². The molecule has 2 aromatic carbocycles. The number of carbonyl (C=O) groups excluding carboxylic acids is 1. The van der Waals surface area contributed by atoms with E-state index in [-0.39, 0.29) is 32.5 Å². The van der Waals surface area contributed by atoms with Crippen molar-refractivity contribution >= 4 is 50.6 Å². The number of amides is 1. The predicted octanol–water partition coefficient (Wildman–Crippen LogP) is 2.48. The molecule has 0 bridgehead atoms. The molecular formula is C21H18N4O6S2. The van der Waals surface area contributed by atoms with Gasteiger partial charge >= 0.3 is 5.97 Å². The van der Waals surface area contributed by atoms with E-state index in [2.05, 4.69) is 15.0 Å². The summed E-state index contributed by atoms with van der Waals surface area (Å²) in [6.45, 7) is 0. The first-order valence-electron chi connectivity index (χ1n) is 9.22. The molecule has 0 spiro atoms. The highest BCUT2D eigenvalue weighted by atomic mass is 32.2. The number of thiocarbonyl (C=S) groups is 1. The van der Waals surface area contributed by atoms with Crippen LogP contribution in [0.15, 0.2) is 65.7 Å². The van der Waals surface area contributed by atoms with Gasteiger partial charge in [-0.3, -0.25) is 9.52 Å². The minimum absolute atomic E-state index is 0.0852. The van der Waals surface area contributed by atoms with Crippen LogP contribution >= 0.6 is 12.2 Å². The monoisotopic (exact) mass is 486 g/mol. The molecule has 10 nitrogen and oxygen atoms in total. The Hall–Kier alpha value is -4.03. The Morgan fingerprint density at radius 1 is 1.03 bits per heavy atom. The molecular weight excluding hydrogens is 468 g/mol. The number of methoxy groups -OCH3 is 1. The van der Waals surface area contributed by atoms with Crippen LogP contribution in [0.1, 0.15) is 26.3 Å². The van der Waals surface area contributed by atoms with Crippen LogP contribution in [-0.4, -0.2) is 42.5 Å². The third kappa shape index (κ3) is 5.61.